The van der Waals surface area contributed by atoms with Gasteiger partial charge in [-0.15, -0.1) is 11.3 Å². The van der Waals surface area contributed by atoms with Gasteiger partial charge in [0.25, 0.3) is 5.91 Å². The fraction of sp³-hybridized carbons (Fsp3) is 0.577. The Bertz CT molecular complexity index is 721. The van der Waals surface area contributed by atoms with E-state index in [9.17, 15) is 9.59 Å². The van der Waals surface area contributed by atoms with E-state index in [1.807, 2.05) is 38.1 Å². The number of carbonyl (C=O) groups is 2. The van der Waals surface area contributed by atoms with Crippen molar-refractivity contribution in [3.63, 3.8) is 0 Å². The van der Waals surface area contributed by atoms with Crippen LogP contribution in [0.4, 0.5) is 5.69 Å². The first-order chi connectivity index (χ1) is 15.1. The molecule has 1 amide bonds. The maximum Gasteiger partial charge on any atom is 0.267 e. The molecule has 182 valence electrons. The van der Waals surface area contributed by atoms with Crippen LogP contribution in [-0.4, -0.2) is 29.9 Å². The molecule has 0 unspecified atom stereocenters. The number of thiazole rings is 1. The molecule has 1 N–H and O–H groups in total. The number of hydrogen-bond donors (Lipinski definition) is 1. The van der Waals surface area contributed by atoms with Gasteiger partial charge in [0.1, 0.15) is 10.7 Å². The highest BCUT2D eigenvalue weighted by Gasteiger charge is 2.08. The summed E-state index contributed by atoms with van der Waals surface area (Å²) in [6.45, 7) is 19.6. The van der Waals surface area contributed by atoms with Crippen molar-refractivity contribution in [2.45, 2.75) is 81.6 Å². The SMILES string of the molecule is CC(C)=O.CCC.CCCOCCC(C)C.Cc1ccc(NC(=O)c2cnc(C)s2)cc1. The zero-order valence-electron chi connectivity index (χ0n) is 21.6. The summed E-state index contributed by atoms with van der Waals surface area (Å²) in [7, 11) is 0. The molecule has 0 aliphatic heterocycles. The number of aromatic nitrogens is 1. The number of ether oxygens (including phenoxy) is 1. The number of hydrogen-bond acceptors (Lipinski definition) is 5. The number of nitrogens with zero attached hydrogens (tertiary/aromatic N) is 1. The summed E-state index contributed by atoms with van der Waals surface area (Å²) in [5.74, 6) is 0.844. The molecule has 6 heteroatoms. The van der Waals surface area contributed by atoms with E-state index in [1.165, 1.54) is 43.6 Å². The molecule has 0 saturated heterocycles. The molecule has 0 bridgehead atoms. The number of amides is 1. The molecule has 0 aliphatic rings. The summed E-state index contributed by atoms with van der Waals surface area (Å²) < 4.78 is 5.29. The largest absolute Gasteiger partial charge is 0.381 e. The molecule has 0 aliphatic carbocycles. The maximum absolute atomic E-state index is 11.8. The molecule has 1 aromatic heterocycles. The van der Waals surface area contributed by atoms with Crippen LogP contribution in [0.5, 0.6) is 0 Å². The molecule has 0 spiro atoms. The first-order valence-electron chi connectivity index (χ1n) is 11.4. The van der Waals surface area contributed by atoms with Gasteiger partial charge in [-0.3, -0.25) is 4.79 Å². The van der Waals surface area contributed by atoms with Crippen LogP contribution in [-0.2, 0) is 9.53 Å². The van der Waals surface area contributed by atoms with Crippen molar-refractivity contribution < 1.29 is 14.3 Å². The molecule has 0 fully saturated rings. The minimum Gasteiger partial charge on any atom is -0.381 e. The van der Waals surface area contributed by atoms with Gasteiger partial charge in [-0.1, -0.05) is 58.7 Å². The van der Waals surface area contributed by atoms with Gasteiger partial charge in [0.05, 0.1) is 11.2 Å². The third-order valence-electron chi connectivity index (χ3n) is 3.34. The minimum atomic E-state index is -0.102. The number of rotatable bonds is 7. The van der Waals surface area contributed by atoms with E-state index in [0.29, 0.717) is 4.88 Å². The van der Waals surface area contributed by atoms with Crippen molar-refractivity contribution in [1.29, 1.82) is 0 Å². The van der Waals surface area contributed by atoms with Crippen LogP contribution < -0.4 is 5.32 Å². The van der Waals surface area contributed by atoms with Crippen molar-refractivity contribution in [3.05, 3.63) is 45.9 Å². The number of carbonyl (C=O) groups excluding carboxylic acids is 2. The van der Waals surface area contributed by atoms with E-state index in [4.69, 9.17) is 4.74 Å². The van der Waals surface area contributed by atoms with Crippen LogP contribution in [0.25, 0.3) is 0 Å². The third-order valence-corrected chi connectivity index (χ3v) is 4.25. The Labute approximate surface area is 200 Å². The number of ketones is 1. The lowest BCUT2D eigenvalue weighted by molar-refractivity contribution is -0.115. The maximum atomic E-state index is 11.8. The number of nitrogens with one attached hydrogen (secondary N) is 1. The van der Waals surface area contributed by atoms with Gasteiger partial charge < -0.3 is 14.8 Å². The van der Waals surface area contributed by atoms with E-state index in [-0.39, 0.29) is 11.7 Å². The average molecular weight is 465 g/mol. The molecule has 0 saturated carbocycles. The average Bonchev–Trinajstić information content (AvgIpc) is 3.14. The highest BCUT2D eigenvalue weighted by atomic mass is 32.1. The van der Waals surface area contributed by atoms with E-state index < -0.39 is 0 Å². The van der Waals surface area contributed by atoms with Crippen LogP contribution >= 0.6 is 11.3 Å². The highest BCUT2D eigenvalue weighted by molar-refractivity contribution is 7.13. The normalized spacial score (nSPS) is 9.44. The Morgan fingerprint density at radius 1 is 1.03 bits per heavy atom. The fourth-order valence-electron chi connectivity index (χ4n) is 1.86. The molecule has 5 nitrogen and oxygen atoms in total. The van der Waals surface area contributed by atoms with Crippen LogP contribution in [0.1, 0.15) is 88.0 Å². The van der Waals surface area contributed by atoms with Crippen molar-refractivity contribution in [1.82, 2.24) is 4.98 Å². The number of Topliss-reactive ketones (excluding diaryl/α,β-unsaturated/α-hetero) is 1. The lowest BCUT2D eigenvalue weighted by atomic mass is 10.1. The first kappa shape index (κ1) is 32.1. The van der Waals surface area contributed by atoms with Crippen molar-refractivity contribution in [2.75, 3.05) is 18.5 Å². The summed E-state index contributed by atoms with van der Waals surface area (Å²) in [6.07, 6.45) is 5.18. The van der Waals surface area contributed by atoms with Gasteiger partial charge in [0, 0.05) is 18.9 Å². The zero-order chi connectivity index (χ0) is 24.9. The highest BCUT2D eigenvalue weighted by Crippen LogP contribution is 2.15. The Kier molecular flexibility index (Phi) is 20.9. The third kappa shape index (κ3) is 21.2. The Morgan fingerprint density at radius 3 is 1.97 bits per heavy atom. The summed E-state index contributed by atoms with van der Waals surface area (Å²) in [4.78, 5) is 25.9. The number of aryl methyl sites for hydroxylation is 2. The first-order valence-corrected chi connectivity index (χ1v) is 12.2. The van der Waals surface area contributed by atoms with E-state index in [0.717, 1.165) is 36.2 Å². The van der Waals surface area contributed by atoms with Crippen LogP contribution in [0.15, 0.2) is 30.5 Å². The van der Waals surface area contributed by atoms with Crippen molar-refractivity contribution in [2.24, 2.45) is 5.92 Å². The minimum absolute atomic E-state index is 0.102. The van der Waals surface area contributed by atoms with E-state index in [1.54, 1.807) is 6.20 Å². The molecule has 2 aromatic rings. The van der Waals surface area contributed by atoms with E-state index in [2.05, 4.69) is 44.9 Å². The van der Waals surface area contributed by atoms with Gasteiger partial charge in [-0.05, 0) is 58.6 Å². The Balaban J connectivity index is 0. The fourth-order valence-corrected chi connectivity index (χ4v) is 2.53. The number of benzene rings is 1. The molecule has 1 heterocycles. The second-order valence-electron chi connectivity index (χ2n) is 7.97. The van der Waals surface area contributed by atoms with E-state index >= 15 is 0 Å². The predicted octanol–water partition coefficient (Wildman–Crippen LogP) is 7.48. The van der Waals surface area contributed by atoms with Crippen molar-refractivity contribution in [3.8, 4) is 0 Å². The second-order valence-corrected chi connectivity index (χ2v) is 9.21. The summed E-state index contributed by atoms with van der Waals surface area (Å²) in [5, 5.41) is 3.73. The number of anilines is 1. The van der Waals surface area contributed by atoms with Gasteiger partial charge >= 0.3 is 0 Å². The lowest BCUT2D eigenvalue weighted by Crippen LogP contribution is -2.09. The van der Waals surface area contributed by atoms with Crippen LogP contribution in [0.3, 0.4) is 0 Å². The summed E-state index contributed by atoms with van der Waals surface area (Å²) in [5.41, 5.74) is 1.98. The molecular weight excluding hydrogens is 420 g/mol. The molecule has 1 aromatic carbocycles. The lowest BCUT2D eigenvalue weighted by Gasteiger charge is -2.03. The second kappa shape index (κ2) is 20.8. The standard InChI is InChI=1S/C12H12N2OS.C8H18O.C3H6O.C3H8/c1-8-3-5-10(6-4-8)14-12(15)11-7-13-9(2)16-11;1-4-6-9-7-5-8(2)3;1-3(2)4;1-3-2/h3-7H,1-2H3,(H,14,15);8H,4-7H2,1-3H3;1-2H3;3H2,1-2H3. The van der Waals surface area contributed by atoms with Gasteiger partial charge in [-0.2, -0.15) is 0 Å². The summed E-state index contributed by atoms with van der Waals surface area (Å²) >= 11 is 1.40. The van der Waals surface area contributed by atoms with Crippen molar-refractivity contribution >= 4 is 28.7 Å². The quantitative estimate of drug-likeness (QED) is 0.431. The molecule has 32 heavy (non-hydrogen) atoms. The topological polar surface area (TPSA) is 68.3 Å². The predicted molar refractivity (Wildman–Crippen MR) is 139 cm³/mol. The smallest absolute Gasteiger partial charge is 0.267 e. The van der Waals surface area contributed by atoms with Crippen LogP contribution in [0, 0.1) is 19.8 Å². The summed E-state index contributed by atoms with van der Waals surface area (Å²) in [6, 6.07) is 7.71. The van der Waals surface area contributed by atoms with Gasteiger partial charge in [0.15, 0.2) is 0 Å². The molecule has 0 radical (unpaired) electrons. The molecule has 0 atom stereocenters. The molecule has 2 rings (SSSR count). The zero-order valence-corrected chi connectivity index (χ0v) is 22.4. The van der Waals surface area contributed by atoms with Crippen LogP contribution in [0.2, 0.25) is 0 Å². The van der Waals surface area contributed by atoms with Gasteiger partial charge in [0.2, 0.25) is 0 Å². The molecular formula is C26H44N2O3S. The monoisotopic (exact) mass is 464 g/mol. The Morgan fingerprint density at radius 2 is 1.56 bits per heavy atom. The Hall–Kier alpha value is -2.05. The van der Waals surface area contributed by atoms with Gasteiger partial charge in [-0.25, -0.2) is 4.98 Å².